The largest absolute Gasteiger partial charge is 0.393 e. The lowest BCUT2D eigenvalue weighted by molar-refractivity contribution is 0.0521. The van der Waals surface area contributed by atoms with Crippen LogP contribution in [-0.4, -0.2) is 23.8 Å². The molecule has 2 rings (SSSR count). The molecule has 0 unspecified atom stereocenters. The smallest absolute Gasteiger partial charge is 0.0583 e. The molecule has 0 aromatic heterocycles. The molecule has 0 radical (unpaired) electrons. The summed E-state index contributed by atoms with van der Waals surface area (Å²) in [7, 11) is 0. The predicted molar refractivity (Wildman–Crippen MR) is 49.0 cm³/mol. The van der Waals surface area contributed by atoms with Crippen molar-refractivity contribution in [3.8, 4) is 0 Å². The Bertz CT molecular complexity index is 143. The van der Waals surface area contributed by atoms with Crippen molar-refractivity contribution in [1.82, 2.24) is 5.32 Å². The van der Waals surface area contributed by atoms with Crippen molar-refractivity contribution in [2.45, 2.75) is 50.7 Å². The maximum absolute atomic E-state index is 9.79. The quantitative estimate of drug-likeness (QED) is 0.620. The van der Waals surface area contributed by atoms with Gasteiger partial charge >= 0.3 is 0 Å². The van der Waals surface area contributed by atoms with E-state index in [0.29, 0.717) is 12.0 Å². The molecule has 12 heavy (non-hydrogen) atoms. The van der Waals surface area contributed by atoms with E-state index in [1.807, 2.05) is 0 Å². The molecule has 3 atom stereocenters. The van der Waals surface area contributed by atoms with Crippen LogP contribution in [0.5, 0.6) is 0 Å². The molecule has 1 aliphatic carbocycles. The van der Waals surface area contributed by atoms with Gasteiger partial charge in [-0.3, -0.25) is 0 Å². The minimum atomic E-state index is -0.0191. The molecular formula is C10H19NO. The van der Waals surface area contributed by atoms with Gasteiger partial charge in [0.15, 0.2) is 0 Å². The fraction of sp³-hybridized carbons (Fsp3) is 1.00. The molecule has 2 nitrogen and oxygen atoms in total. The van der Waals surface area contributed by atoms with E-state index in [0.717, 1.165) is 13.0 Å². The maximum Gasteiger partial charge on any atom is 0.0583 e. The van der Waals surface area contributed by atoms with Crippen LogP contribution in [0.2, 0.25) is 0 Å². The van der Waals surface area contributed by atoms with Crippen LogP contribution in [-0.2, 0) is 0 Å². The van der Waals surface area contributed by atoms with E-state index in [4.69, 9.17) is 0 Å². The van der Waals surface area contributed by atoms with Crippen molar-refractivity contribution in [2.75, 3.05) is 6.54 Å². The van der Waals surface area contributed by atoms with Crippen molar-refractivity contribution < 1.29 is 5.11 Å². The molecule has 0 amide bonds. The SMILES string of the molecule is O[C@H]1CCCC[C@H]1[C@@H]1CCCN1. The summed E-state index contributed by atoms with van der Waals surface area (Å²) >= 11 is 0. The number of aliphatic hydroxyl groups is 1. The fourth-order valence-corrected chi connectivity index (χ4v) is 2.69. The minimum Gasteiger partial charge on any atom is -0.393 e. The molecule has 1 heterocycles. The third kappa shape index (κ3) is 1.64. The first-order valence-electron chi connectivity index (χ1n) is 5.29. The van der Waals surface area contributed by atoms with Crippen LogP contribution in [0.1, 0.15) is 38.5 Å². The lowest BCUT2D eigenvalue weighted by Crippen LogP contribution is -2.39. The summed E-state index contributed by atoms with van der Waals surface area (Å²) < 4.78 is 0. The van der Waals surface area contributed by atoms with E-state index < -0.39 is 0 Å². The summed E-state index contributed by atoms with van der Waals surface area (Å²) in [5, 5.41) is 13.3. The van der Waals surface area contributed by atoms with Crippen molar-refractivity contribution in [3.05, 3.63) is 0 Å². The van der Waals surface area contributed by atoms with Crippen LogP contribution in [0.15, 0.2) is 0 Å². The highest BCUT2D eigenvalue weighted by Gasteiger charge is 2.31. The molecule has 0 spiro atoms. The molecule has 2 heteroatoms. The number of hydrogen-bond acceptors (Lipinski definition) is 2. The van der Waals surface area contributed by atoms with E-state index in [1.165, 1.54) is 32.1 Å². The van der Waals surface area contributed by atoms with Gasteiger partial charge in [0.2, 0.25) is 0 Å². The first-order valence-corrected chi connectivity index (χ1v) is 5.29. The van der Waals surface area contributed by atoms with Gasteiger partial charge in [0.05, 0.1) is 6.10 Å². The van der Waals surface area contributed by atoms with Gasteiger partial charge in [0.25, 0.3) is 0 Å². The second-order valence-corrected chi connectivity index (χ2v) is 4.22. The predicted octanol–water partition coefficient (Wildman–Crippen LogP) is 1.29. The third-order valence-electron chi connectivity index (χ3n) is 3.40. The molecule has 0 bridgehead atoms. The number of rotatable bonds is 1. The molecule has 2 fully saturated rings. The van der Waals surface area contributed by atoms with Gasteiger partial charge in [-0.05, 0) is 32.2 Å². The molecule has 0 aromatic carbocycles. The van der Waals surface area contributed by atoms with Crippen LogP contribution in [0.4, 0.5) is 0 Å². The third-order valence-corrected chi connectivity index (χ3v) is 3.40. The minimum absolute atomic E-state index is 0.0191. The average Bonchev–Trinajstić information content (AvgIpc) is 2.57. The summed E-state index contributed by atoms with van der Waals surface area (Å²) in [6.07, 6.45) is 7.37. The molecule has 1 saturated carbocycles. The lowest BCUT2D eigenvalue weighted by Gasteiger charge is -2.32. The van der Waals surface area contributed by atoms with Crippen LogP contribution in [0.25, 0.3) is 0 Å². The fourth-order valence-electron chi connectivity index (χ4n) is 2.69. The van der Waals surface area contributed by atoms with Gasteiger partial charge in [0, 0.05) is 12.0 Å². The second kappa shape index (κ2) is 3.75. The Morgan fingerprint density at radius 1 is 1.00 bits per heavy atom. The molecule has 70 valence electrons. The molecule has 2 aliphatic rings. The van der Waals surface area contributed by atoms with Gasteiger partial charge in [-0.1, -0.05) is 12.8 Å². The van der Waals surface area contributed by atoms with Crippen molar-refractivity contribution in [2.24, 2.45) is 5.92 Å². The molecule has 0 aromatic rings. The maximum atomic E-state index is 9.79. The molecular weight excluding hydrogens is 150 g/mol. The Hall–Kier alpha value is -0.0800. The summed E-state index contributed by atoms with van der Waals surface area (Å²) in [5.74, 6) is 0.557. The normalized spacial score (nSPS) is 43.2. The zero-order valence-corrected chi connectivity index (χ0v) is 7.63. The highest BCUT2D eigenvalue weighted by atomic mass is 16.3. The van der Waals surface area contributed by atoms with Gasteiger partial charge in [-0.25, -0.2) is 0 Å². The standard InChI is InChI=1S/C10H19NO/c12-10-6-2-1-4-8(10)9-5-3-7-11-9/h8-12H,1-7H2/t8-,9-,10-/m0/s1. The Kier molecular flexibility index (Phi) is 2.66. The topological polar surface area (TPSA) is 32.3 Å². The van der Waals surface area contributed by atoms with Crippen molar-refractivity contribution >= 4 is 0 Å². The van der Waals surface area contributed by atoms with Gasteiger partial charge in [-0.2, -0.15) is 0 Å². The summed E-state index contributed by atoms with van der Waals surface area (Å²) in [4.78, 5) is 0. The van der Waals surface area contributed by atoms with Gasteiger partial charge < -0.3 is 10.4 Å². The van der Waals surface area contributed by atoms with E-state index in [1.54, 1.807) is 0 Å². The van der Waals surface area contributed by atoms with Gasteiger partial charge in [0.1, 0.15) is 0 Å². The Morgan fingerprint density at radius 3 is 2.50 bits per heavy atom. The van der Waals surface area contributed by atoms with E-state index in [2.05, 4.69) is 5.32 Å². The van der Waals surface area contributed by atoms with Crippen LogP contribution in [0.3, 0.4) is 0 Å². The highest BCUT2D eigenvalue weighted by Crippen LogP contribution is 2.30. The lowest BCUT2D eigenvalue weighted by atomic mass is 9.81. The monoisotopic (exact) mass is 169 g/mol. The van der Waals surface area contributed by atoms with Crippen LogP contribution in [0, 0.1) is 5.92 Å². The number of nitrogens with one attached hydrogen (secondary N) is 1. The average molecular weight is 169 g/mol. The first-order chi connectivity index (χ1) is 5.88. The first kappa shape index (κ1) is 8.52. The van der Waals surface area contributed by atoms with E-state index in [9.17, 15) is 5.11 Å². The van der Waals surface area contributed by atoms with Crippen molar-refractivity contribution in [1.29, 1.82) is 0 Å². The number of hydrogen-bond donors (Lipinski definition) is 2. The zero-order valence-electron chi connectivity index (χ0n) is 7.63. The summed E-state index contributed by atoms with van der Waals surface area (Å²) in [6.45, 7) is 1.16. The summed E-state index contributed by atoms with van der Waals surface area (Å²) in [5.41, 5.74) is 0. The number of aliphatic hydroxyl groups excluding tert-OH is 1. The Morgan fingerprint density at radius 2 is 1.83 bits per heavy atom. The molecule has 2 N–H and O–H groups in total. The van der Waals surface area contributed by atoms with E-state index in [-0.39, 0.29) is 6.10 Å². The molecule has 1 aliphatic heterocycles. The van der Waals surface area contributed by atoms with Crippen LogP contribution >= 0.6 is 0 Å². The zero-order chi connectivity index (χ0) is 8.39. The van der Waals surface area contributed by atoms with Gasteiger partial charge in [-0.15, -0.1) is 0 Å². The van der Waals surface area contributed by atoms with Crippen molar-refractivity contribution in [3.63, 3.8) is 0 Å². The Labute approximate surface area is 74.4 Å². The molecule has 1 saturated heterocycles. The Balaban J connectivity index is 1.91. The van der Waals surface area contributed by atoms with Crippen LogP contribution < -0.4 is 5.32 Å². The van der Waals surface area contributed by atoms with E-state index >= 15 is 0 Å². The highest BCUT2D eigenvalue weighted by molar-refractivity contribution is 4.87. The summed E-state index contributed by atoms with van der Waals surface area (Å²) in [6, 6.07) is 0.625. The second-order valence-electron chi connectivity index (χ2n) is 4.22.